The number of hydrogen-bond donors (Lipinski definition) is 0. The Balaban J connectivity index is 1.54. The van der Waals surface area contributed by atoms with Crippen molar-refractivity contribution in [2.45, 2.75) is 6.92 Å². The van der Waals surface area contributed by atoms with Crippen molar-refractivity contribution in [2.24, 2.45) is 0 Å². The molecule has 31 heavy (non-hydrogen) atoms. The molecule has 0 aliphatic rings. The molecule has 9 heteroatoms. The Hall–Kier alpha value is -4.11. The van der Waals surface area contributed by atoms with Crippen LogP contribution in [0.2, 0.25) is 0 Å². The minimum Gasteiger partial charge on any atom is -0.456 e. The quantitative estimate of drug-likeness (QED) is 0.317. The summed E-state index contributed by atoms with van der Waals surface area (Å²) in [5.74, 6) is 1.27. The number of nitrogens with zero attached hydrogens (tertiary/aromatic N) is 4. The first-order valence-electron chi connectivity index (χ1n) is 9.32. The molecule has 0 amide bonds. The van der Waals surface area contributed by atoms with E-state index in [9.17, 15) is 14.9 Å². The van der Waals surface area contributed by atoms with E-state index in [4.69, 9.17) is 4.42 Å². The highest BCUT2D eigenvalue weighted by molar-refractivity contribution is 7.15. The summed E-state index contributed by atoms with van der Waals surface area (Å²) in [5, 5.41) is 15.6. The molecule has 2 aromatic carbocycles. The first-order valence-corrected chi connectivity index (χ1v) is 10.1. The number of fused-ring (bicyclic) bond motifs is 1. The lowest BCUT2D eigenvalue weighted by molar-refractivity contribution is -0.384. The van der Waals surface area contributed by atoms with Gasteiger partial charge in [0.2, 0.25) is 4.96 Å². The Labute approximate surface area is 178 Å². The molecule has 0 fully saturated rings. The molecule has 0 saturated carbocycles. The summed E-state index contributed by atoms with van der Waals surface area (Å²) < 4.78 is 7.45. The van der Waals surface area contributed by atoms with E-state index >= 15 is 0 Å². The maximum atomic E-state index is 12.8. The molecule has 152 valence electrons. The van der Waals surface area contributed by atoms with Crippen LogP contribution in [0.4, 0.5) is 5.69 Å². The second-order valence-corrected chi connectivity index (χ2v) is 7.85. The van der Waals surface area contributed by atoms with Crippen molar-refractivity contribution in [2.75, 3.05) is 0 Å². The average molecular weight is 430 g/mol. The van der Waals surface area contributed by atoms with Gasteiger partial charge in [0.1, 0.15) is 16.1 Å². The van der Waals surface area contributed by atoms with Gasteiger partial charge in [-0.05, 0) is 30.7 Å². The lowest BCUT2D eigenvalue weighted by Crippen LogP contribution is -2.23. The Morgan fingerprint density at radius 1 is 1.06 bits per heavy atom. The van der Waals surface area contributed by atoms with Crippen LogP contribution in [-0.2, 0) is 0 Å². The summed E-state index contributed by atoms with van der Waals surface area (Å²) >= 11 is 1.21. The molecule has 0 saturated heterocycles. The number of hydrogen-bond acceptors (Lipinski definition) is 7. The molecule has 3 heterocycles. The number of para-hydroxylation sites is 1. The van der Waals surface area contributed by atoms with E-state index in [0.29, 0.717) is 32.4 Å². The molecule has 0 aliphatic heterocycles. The molecule has 0 spiro atoms. The van der Waals surface area contributed by atoms with E-state index in [1.165, 1.54) is 21.9 Å². The fourth-order valence-corrected chi connectivity index (χ4v) is 4.21. The largest absolute Gasteiger partial charge is 0.456 e. The summed E-state index contributed by atoms with van der Waals surface area (Å²) in [6.07, 6.45) is 1.59. The normalized spacial score (nSPS) is 12.0. The molecule has 0 bridgehead atoms. The number of nitro benzene ring substituents is 1. The van der Waals surface area contributed by atoms with Gasteiger partial charge < -0.3 is 4.42 Å². The van der Waals surface area contributed by atoms with Crippen LogP contribution >= 0.6 is 11.3 Å². The minimum absolute atomic E-state index is 0.0459. The third-order valence-electron chi connectivity index (χ3n) is 4.83. The molecule has 0 radical (unpaired) electrons. The molecule has 0 atom stereocenters. The van der Waals surface area contributed by atoms with Crippen molar-refractivity contribution in [3.8, 4) is 22.7 Å². The molecule has 0 N–H and O–H groups in total. The molecule has 0 unspecified atom stereocenters. The number of nitro groups is 1. The van der Waals surface area contributed by atoms with Crippen LogP contribution in [0.5, 0.6) is 0 Å². The Morgan fingerprint density at radius 2 is 1.81 bits per heavy atom. The lowest BCUT2D eigenvalue weighted by Gasteiger charge is -1.98. The van der Waals surface area contributed by atoms with Crippen LogP contribution in [-0.4, -0.2) is 19.5 Å². The average Bonchev–Trinajstić information content (AvgIpc) is 3.46. The summed E-state index contributed by atoms with van der Waals surface area (Å²) in [7, 11) is 0. The van der Waals surface area contributed by atoms with E-state index in [-0.39, 0.29) is 11.2 Å². The van der Waals surface area contributed by atoms with Crippen molar-refractivity contribution in [1.29, 1.82) is 0 Å². The van der Waals surface area contributed by atoms with E-state index in [1.807, 2.05) is 31.2 Å². The van der Waals surface area contributed by atoms with Crippen molar-refractivity contribution in [3.63, 3.8) is 0 Å². The molecule has 5 aromatic rings. The Morgan fingerprint density at radius 3 is 2.55 bits per heavy atom. The van der Waals surface area contributed by atoms with Crippen LogP contribution in [0.15, 0.2) is 69.9 Å². The highest BCUT2D eigenvalue weighted by Crippen LogP contribution is 2.31. The topological polar surface area (TPSA) is 104 Å². The van der Waals surface area contributed by atoms with Crippen LogP contribution in [0.1, 0.15) is 11.3 Å². The van der Waals surface area contributed by atoms with Crippen molar-refractivity contribution < 1.29 is 9.34 Å². The van der Waals surface area contributed by atoms with Crippen LogP contribution < -0.4 is 10.1 Å². The van der Waals surface area contributed by atoms with E-state index in [2.05, 4.69) is 10.1 Å². The van der Waals surface area contributed by atoms with Crippen molar-refractivity contribution in [1.82, 2.24) is 14.6 Å². The van der Waals surface area contributed by atoms with E-state index < -0.39 is 4.92 Å². The Kier molecular flexibility index (Phi) is 4.45. The highest BCUT2D eigenvalue weighted by Gasteiger charge is 2.17. The number of thiazole rings is 1. The molecule has 3 aromatic heterocycles. The lowest BCUT2D eigenvalue weighted by atomic mass is 10.1. The number of benzene rings is 2. The SMILES string of the molecule is Cc1ccccc1-c1nc2s/c(=C/c3ccc(-c4ccccc4[N+](=O)[O-])o3)c(=O)n2n1. The fourth-order valence-electron chi connectivity index (χ4n) is 3.32. The highest BCUT2D eigenvalue weighted by atomic mass is 32.1. The summed E-state index contributed by atoms with van der Waals surface area (Å²) in [6.45, 7) is 1.97. The van der Waals surface area contributed by atoms with Gasteiger partial charge in [-0.3, -0.25) is 14.9 Å². The van der Waals surface area contributed by atoms with Crippen molar-refractivity contribution in [3.05, 3.63) is 97.0 Å². The molecule has 0 aliphatic carbocycles. The van der Waals surface area contributed by atoms with E-state index in [1.54, 1.807) is 36.4 Å². The van der Waals surface area contributed by atoms with E-state index in [0.717, 1.165) is 11.1 Å². The third kappa shape index (κ3) is 3.30. The molecular weight excluding hydrogens is 416 g/mol. The van der Waals surface area contributed by atoms with Crippen LogP contribution in [0.3, 0.4) is 0 Å². The number of aryl methyl sites for hydroxylation is 1. The zero-order valence-electron chi connectivity index (χ0n) is 16.2. The second kappa shape index (κ2) is 7.29. The van der Waals surface area contributed by atoms with Gasteiger partial charge in [0.25, 0.3) is 11.2 Å². The van der Waals surface area contributed by atoms with Gasteiger partial charge in [-0.2, -0.15) is 9.50 Å². The molecule has 5 rings (SSSR count). The summed E-state index contributed by atoms with van der Waals surface area (Å²) in [6, 6.07) is 17.4. The standard InChI is InChI=1S/C22H14N4O4S/c1-13-6-2-3-7-15(13)20-23-22-25(24-20)21(27)19(31-22)12-14-10-11-18(30-14)16-8-4-5-9-17(16)26(28)29/h2-12H,1H3/b19-12+. The summed E-state index contributed by atoms with van der Waals surface area (Å²) in [5.41, 5.74) is 1.94. The van der Waals surface area contributed by atoms with Crippen molar-refractivity contribution >= 4 is 28.1 Å². The van der Waals surface area contributed by atoms with Crippen LogP contribution in [0.25, 0.3) is 33.7 Å². The second-order valence-electron chi connectivity index (χ2n) is 6.84. The van der Waals surface area contributed by atoms with Gasteiger partial charge in [-0.1, -0.05) is 47.7 Å². The van der Waals surface area contributed by atoms with Gasteiger partial charge >= 0.3 is 0 Å². The molecule has 8 nitrogen and oxygen atoms in total. The summed E-state index contributed by atoms with van der Waals surface area (Å²) in [4.78, 5) is 28.6. The monoisotopic (exact) mass is 430 g/mol. The first-order chi connectivity index (χ1) is 15.0. The first kappa shape index (κ1) is 18.9. The third-order valence-corrected chi connectivity index (χ3v) is 5.79. The van der Waals surface area contributed by atoms with Gasteiger partial charge in [0.05, 0.1) is 10.5 Å². The zero-order valence-corrected chi connectivity index (χ0v) is 17.0. The maximum absolute atomic E-state index is 12.8. The predicted octanol–water partition coefficient (Wildman–Crippen LogP) is 3.84. The number of rotatable bonds is 4. The fraction of sp³-hybridized carbons (Fsp3) is 0.0455. The Bertz CT molecular complexity index is 1560. The predicted molar refractivity (Wildman–Crippen MR) is 117 cm³/mol. The van der Waals surface area contributed by atoms with Gasteiger partial charge in [-0.15, -0.1) is 5.10 Å². The van der Waals surface area contributed by atoms with Gasteiger partial charge in [0, 0.05) is 17.7 Å². The van der Waals surface area contributed by atoms with Crippen LogP contribution in [0, 0.1) is 17.0 Å². The van der Waals surface area contributed by atoms with Gasteiger partial charge in [-0.25, -0.2) is 0 Å². The molecular formula is C22H14N4O4S. The number of aromatic nitrogens is 3. The van der Waals surface area contributed by atoms with Gasteiger partial charge in [0.15, 0.2) is 5.82 Å². The minimum atomic E-state index is -0.455. The zero-order chi connectivity index (χ0) is 21.5. The maximum Gasteiger partial charge on any atom is 0.291 e. The number of furan rings is 1. The smallest absolute Gasteiger partial charge is 0.291 e.